The summed E-state index contributed by atoms with van der Waals surface area (Å²) in [6.07, 6.45) is 2.39. The van der Waals surface area contributed by atoms with Gasteiger partial charge < -0.3 is 4.74 Å². The summed E-state index contributed by atoms with van der Waals surface area (Å²) in [4.78, 5) is 41.4. The Kier molecular flexibility index (Phi) is 5.97. The van der Waals surface area contributed by atoms with Crippen LogP contribution in [-0.4, -0.2) is 28.0 Å². The molecule has 1 aliphatic heterocycles. The monoisotopic (exact) mass is 420 g/mol. The molecule has 0 unspecified atom stereocenters. The molecule has 0 bridgehead atoms. The highest BCUT2D eigenvalue weighted by atomic mass is 16.5. The number of hydrazine groups is 1. The summed E-state index contributed by atoms with van der Waals surface area (Å²) in [5.74, 6) is 0.732. The summed E-state index contributed by atoms with van der Waals surface area (Å²) in [6, 6.07) is 12.4. The molecule has 4 rings (SSSR count). The predicted octanol–water partition coefficient (Wildman–Crippen LogP) is 2.27. The summed E-state index contributed by atoms with van der Waals surface area (Å²) in [5.41, 5.74) is 6.70. The first-order chi connectivity index (χ1) is 15.0. The number of fused-ring (bicyclic) bond motifs is 2. The van der Waals surface area contributed by atoms with Crippen molar-refractivity contribution in [3.8, 4) is 5.75 Å². The van der Waals surface area contributed by atoms with E-state index in [2.05, 4.69) is 15.8 Å². The lowest BCUT2D eigenvalue weighted by molar-refractivity contribution is -0.122. The van der Waals surface area contributed by atoms with E-state index in [0.717, 1.165) is 30.0 Å². The third-order valence-electron chi connectivity index (χ3n) is 5.23. The number of hydrogen-bond donors (Lipinski definition) is 2. The van der Waals surface area contributed by atoms with E-state index in [1.54, 1.807) is 22.8 Å². The average molecular weight is 420 g/mol. The molecule has 1 aromatic heterocycles. The first kappa shape index (κ1) is 20.6. The number of rotatable bonds is 6. The molecule has 160 valence electrons. The minimum atomic E-state index is -0.464. The second-order valence-corrected chi connectivity index (χ2v) is 7.59. The molecule has 2 amide bonds. The van der Waals surface area contributed by atoms with Crippen molar-refractivity contribution >= 4 is 22.7 Å². The highest BCUT2D eigenvalue weighted by molar-refractivity contribution is 5.98. The molecule has 8 heteroatoms. The number of carbonyl (C=O) groups is 2. The Bertz CT molecular complexity index is 1180. The van der Waals surface area contributed by atoms with Crippen LogP contribution in [0.25, 0.3) is 10.9 Å². The van der Waals surface area contributed by atoms with Crippen molar-refractivity contribution in [1.29, 1.82) is 0 Å². The van der Waals surface area contributed by atoms with Crippen molar-refractivity contribution in [2.75, 3.05) is 6.61 Å². The van der Waals surface area contributed by atoms with Gasteiger partial charge in [0.25, 0.3) is 11.5 Å². The summed E-state index contributed by atoms with van der Waals surface area (Å²) in [5, 5.41) is 0.486. The van der Waals surface area contributed by atoms with E-state index in [9.17, 15) is 14.4 Å². The van der Waals surface area contributed by atoms with Crippen LogP contribution in [0.15, 0.2) is 47.3 Å². The fraction of sp³-hybridized carbons (Fsp3) is 0.304. The van der Waals surface area contributed by atoms with Crippen LogP contribution in [0.5, 0.6) is 5.75 Å². The zero-order chi connectivity index (χ0) is 21.8. The van der Waals surface area contributed by atoms with Crippen LogP contribution in [0.3, 0.4) is 0 Å². The van der Waals surface area contributed by atoms with Crippen LogP contribution >= 0.6 is 0 Å². The molecule has 0 saturated carbocycles. The normalized spacial score (nSPS) is 12.4. The number of amides is 2. The zero-order valence-electron chi connectivity index (χ0n) is 17.3. The minimum Gasteiger partial charge on any atom is -0.494 e. The lowest BCUT2D eigenvalue weighted by Crippen LogP contribution is -2.41. The molecular formula is C23H24N4O4. The van der Waals surface area contributed by atoms with Gasteiger partial charge >= 0.3 is 0 Å². The quantitative estimate of drug-likeness (QED) is 0.471. The van der Waals surface area contributed by atoms with Gasteiger partial charge in [0.05, 0.1) is 17.5 Å². The number of nitrogens with zero attached hydrogens (tertiary/aromatic N) is 2. The van der Waals surface area contributed by atoms with Gasteiger partial charge in [-0.15, -0.1) is 0 Å². The first-order valence-electron chi connectivity index (χ1n) is 10.3. The first-order valence-corrected chi connectivity index (χ1v) is 10.3. The smallest absolute Gasteiger partial charge is 0.269 e. The fourth-order valence-corrected chi connectivity index (χ4v) is 3.54. The van der Waals surface area contributed by atoms with Gasteiger partial charge in [-0.1, -0.05) is 17.7 Å². The standard InChI is InChI=1S/C23H24N4O4/c1-15-6-9-17(10-7-15)31-13-3-5-21(28)25-26-22(29)16-8-11-18-19(14-16)24-20-4-2-12-27(20)23(18)30/h6-11,14H,2-5,12-13H2,1H3,(H,25,28)(H,26,29). The van der Waals surface area contributed by atoms with Crippen LogP contribution in [0, 0.1) is 6.92 Å². The SMILES string of the molecule is Cc1ccc(OCCCC(=O)NNC(=O)c2ccc3c(=O)n4c(nc3c2)CCC4)cc1. The Hall–Kier alpha value is -3.68. The van der Waals surface area contributed by atoms with Crippen LogP contribution < -0.4 is 21.1 Å². The fourth-order valence-electron chi connectivity index (χ4n) is 3.54. The van der Waals surface area contributed by atoms with Gasteiger partial charge in [0.1, 0.15) is 11.6 Å². The van der Waals surface area contributed by atoms with Gasteiger partial charge in [0, 0.05) is 24.9 Å². The molecule has 8 nitrogen and oxygen atoms in total. The largest absolute Gasteiger partial charge is 0.494 e. The number of nitrogens with one attached hydrogen (secondary N) is 2. The molecule has 0 spiro atoms. The zero-order valence-corrected chi connectivity index (χ0v) is 17.3. The molecular weight excluding hydrogens is 396 g/mol. The Balaban J connectivity index is 1.27. The number of ether oxygens (including phenoxy) is 1. The van der Waals surface area contributed by atoms with Crippen LogP contribution in [0.4, 0.5) is 0 Å². The van der Waals surface area contributed by atoms with Crippen LogP contribution in [0.1, 0.15) is 41.0 Å². The Labute approximate surface area is 179 Å². The molecule has 0 radical (unpaired) electrons. The summed E-state index contributed by atoms with van der Waals surface area (Å²) in [7, 11) is 0. The molecule has 0 saturated heterocycles. The van der Waals surface area contributed by atoms with Crippen molar-refractivity contribution < 1.29 is 14.3 Å². The lowest BCUT2D eigenvalue weighted by atomic mass is 10.1. The van der Waals surface area contributed by atoms with Gasteiger partial charge in [-0.25, -0.2) is 4.98 Å². The number of aryl methyl sites for hydroxylation is 2. The number of aromatic nitrogens is 2. The van der Waals surface area contributed by atoms with Crippen LogP contribution in [-0.2, 0) is 17.8 Å². The van der Waals surface area contributed by atoms with E-state index in [4.69, 9.17) is 4.74 Å². The Morgan fingerprint density at radius 3 is 2.74 bits per heavy atom. The second kappa shape index (κ2) is 8.99. The van der Waals surface area contributed by atoms with Gasteiger partial charge in [-0.2, -0.15) is 0 Å². The van der Waals surface area contributed by atoms with E-state index in [1.807, 2.05) is 31.2 Å². The topological polar surface area (TPSA) is 102 Å². The van der Waals surface area contributed by atoms with E-state index < -0.39 is 5.91 Å². The highest BCUT2D eigenvalue weighted by Gasteiger charge is 2.17. The van der Waals surface area contributed by atoms with Gasteiger partial charge in [-0.3, -0.25) is 29.8 Å². The highest BCUT2D eigenvalue weighted by Crippen LogP contribution is 2.16. The van der Waals surface area contributed by atoms with E-state index in [0.29, 0.717) is 36.0 Å². The van der Waals surface area contributed by atoms with Crippen molar-refractivity contribution in [3.05, 3.63) is 69.8 Å². The molecule has 31 heavy (non-hydrogen) atoms. The van der Waals surface area contributed by atoms with Crippen molar-refractivity contribution in [3.63, 3.8) is 0 Å². The minimum absolute atomic E-state index is 0.0781. The van der Waals surface area contributed by atoms with E-state index in [1.165, 1.54) is 0 Å². The summed E-state index contributed by atoms with van der Waals surface area (Å²) < 4.78 is 7.27. The second-order valence-electron chi connectivity index (χ2n) is 7.59. The molecule has 0 fully saturated rings. The van der Waals surface area contributed by atoms with Crippen LogP contribution in [0.2, 0.25) is 0 Å². The number of carbonyl (C=O) groups excluding carboxylic acids is 2. The maximum Gasteiger partial charge on any atom is 0.269 e. The van der Waals surface area contributed by atoms with Gasteiger partial charge in [0.15, 0.2) is 0 Å². The predicted molar refractivity (Wildman–Crippen MR) is 116 cm³/mol. The third kappa shape index (κ3) is 4.74. The van der Waals surface area contributed by atoms with Gasteiger partial charge in [0.2, 0.25) is 5.91 Å². The Morgan fingerprint density at radius 1 is 1.13 bits per heavy atom. The number of benzene rings is 2. The maximum absolute atomic E-state index is 12.5. The van der Waals surface area contributed by atoms with Crippen molar-refractivity contribution in [2.45, 2.75) is 39.2 Å². The molecule has 3 aromatic rings. The third-order valence-corrected chi connectivity index (χ3v) is 5.23. The molecule has 1 aliphatic rings. The maximum atomic E-state index is 12.5. The van der Waals surface area contributed by atoms with Crippen molar-refractivity contribution in [1.82, 2.24) is 20.4 Å². The number of hydrogen-bond acceptors (Lipinski definition) is 5. The lowest BCUT2D eigenvalue weighted by Gasteiger charge is -2.09. The average Bonchev–Trinajstić information content (AvgIpc) is 3.25. The molecule has 2 heterocycles. The van der Waals surface area contributed by atoms with Crippen molar-refractivity contribution in [2.24, 2.45) is 0 Å². The molecule has 0 aliphatic carbocycles. The summed E-state index contributed by atoms with van der Waals surface area (Å²) in [6.45, 7) is 3.09. The van der Waals surface area contributed by atoms with E-state index in [-0.39, 0.29) is 17.9 Å². The Morgan fingerprint density at radius 2 is 1.94 bits per heavy atom. The van der Waals surface area contributed by atoms with Gasteiger partial charge in [-0.05, 0) is 50.1 Å². The van der Waals surface area contributed by atoms with E-state index >= 15 is 0 Å². The summed E-state index contributed by atoms with van der Waals surface area (Å²) >= 11 is 0. The molecule has 2 aromatic carbocycles. The molecule has 2 N–H and O–H groups in total. The molecule has 0 atom stereocenters.